The predicted molar refractivity (Wildman–Crippen MR) is 87.3 cm³/mol. The van der Waals surface area contributed by atoms with Crippen LogP contribution in [0.4, 0.5) is 10.1 Å². The lowest BCUT2D eigenvalue weighted by molar-refractivity contribution is -0.126. The molecule has 22 heavy (non-hydrogen) atoms. The highest BCUT2D eigenvalue weighted by Crippen LogP contribution is 2.14. The largest absolute Gasteiger partial charge is 0.383 e. The molecule has 0 heterocycles. The highest BCUT2D eigenvalue weighted by molar-refractivity contribution is 9.10. The lowest BCUT2D eigenvalue weighted by Gasteiger charge is -2.10. The molecular formula is C16H14BrFN2O2. The Balaban J connectivity index is 1.87. The van der Waals surface area contributed by atoms with Gasteiger partial charge in [-0.3, -0.25) is 4.79 Å². The van der Waals surface area contributed by atoms with Crippen molar-refractivity contribution in [2.45, 2.75) is 13.0 Å². The summed E-state index contributed by atoms with van der Waals surface area (Å²) in [6.07, 6.45) is 0.584. The molecule has 0 fully saturated rings. The quantitative estimate of drug-likeness (QED) is 0.644. The molecule has 0 aliphatic rings. The molecule has 2 aromatic rings. The fraction of sp³-hybridized carbons (Fsp3) is 0.125. The highest BCUT2D eigenvalue weighted by Gasteiger charge is 2.13. The smallest absolute Gasteiger partial charge is 0.267 e. The number of carbonyl (C=O) groups is 1. The number of hydrogen-bond acceptors (Lipinski definition) is 3. The van der Waals surface area contributed by atoms with Crippen molar-refractivity contribution in [3.8, 4) is 0 Å². The van der Waals surface area contributed by atoms with Crippen LogP contribution in [0.5, 0.6) is 0 Å². The summed E-state index contributed by atoms with van der Waals surface area (Å²) in [7, 11) is 0. The van der Waals surface area contributed by atoms with Gasteiger partial charge in [0, 0.05) is 10.2 Å². The summed E-state index contributed by atoms with van der Waals surface area (Å²) in [5.74, 6) is -0.677. The second-order valence-electron chi connectivity index (χ2n) is 4.53. The maximum atomic E-state index is 13.0. The molecule has 2 aromatic carbocycles. The summed E-state index contributed by atoms with van der Waals surface area (Å²) in [6.45, 7) is 1.58. The Bertz CT molecular complexity index is 674. The summed E-state index contributed by atoms with van der Waals surface area (Å²) in [6, 6.07) is 13.1. The van der Waals surface area contributed by atoms with Crippen LogP contribution < -0.4 is 5.32 Å². The van der Waals surface area contributed by atoms with E-state index >= 15 is 0 Å². The predicted octanol–water partition coefficient (Wildman–Crippen LogP) is 3.97. The summed E-state index contributed by atoms with van der Waals surface area (Å²) < 4.78 is 13.9. The summed E-state index contributed by atoms with van der Waals surface area (Å²) in [4.78, 5) is 17.0. The van der Waals surface area contributed by atoms with E-state index in [1.54, 1.807) is 31.2 Å². The van der Waals surface area contributed by atoms with Crippen LogP contribution in [0.2, 0.25) is 0 Å². The molecule has 4 nitrogen and oxygen atoms in total. The zero-order valence-electron chi connectivity index (χ0n) is 11.8. The Labute approximate surface area is 136 Å². The average Bonchev–Trinajstić information content (AvgIpc) is 2.49. The molecule has 1 amide bonds. The number of rotatable bonds is 5. The van der Waals surface area contributed by atoms with E-state index in [9.17, 15) is 9.18 Å². The Hall–Kier alpha value is -2.21. The molecule has 1 atom stereocenters. The van der Waals surface area contributed by atoms with Gasteiger partial charge in [-0.05, 0) is 48.9 Å². The van der Waals surface area contributed by atoms with Gasteiger partial charge >= 0.3 is 0 Å². The fourth-order valence-corrected chi connectivity index (χ4v) is 1.86. The van der Waals surface area contributed by atoms with E-state index < -0.39 is 6.10 Å². The topological polar surface area (TPSA) is 50.7 Å². The molecule has 114 valence electrons. The molecule has 0 saturated heterocycles. The van der Waals surface area contributed by atoms with Crippen LogP contribution >= 0.6 is 15.9 Å². The van der Waals surface area contributed by atoms with Crippen LogP contribution in [0.15, 0.2) is 58.2 Å². The molecule has 0 aromatic heterocycles. The molecule has 2 rings (SSSR count). The third-order valence-electron chi connectivity index (χ3n) is 2.75. The van der Waals surface area contributed by atoms with Gasteiger partial charge < -0.3 is 10.2 Å². The minimum atomic E-state index is -0.770. The van der Waals surface area contributed by atoms with Gasteiger partial charge in [-0.15, -0.1) is 0 Å². The Morgan fingerprint density at radius 2 is 2.05 bits per heavy atom. The van der Waals surface area contributed by atoms with Crippen molar-refractivity contribution in [3.63, 3.8) is 0 Å². The molecule has 0 unspecified atom stereocenters. The number of nitrogens with one attached hydrogen (secondary N) is 1. The molecule has 1 N–H and O–H groups in total. The van der Waals surface area contributed by atoms with Gasteiger partial charge in [0.2, 0.25) is 6.10 Å². The Morgan fingerprint density at radius 1 is 1.32 bits per heavy atom. The van der Waals surface area contributed by atoms with Crippen molar-refractivity contribution in [2.24, 2.45) is 5.16 Å². The minimum Gasteiger partial charge on any atom is -0.383 e. The highest BCUT2D eigenvalue weighted by atomic mass is 79.9. The van der Waals surface area contributed by atoms with Crippen LogP contribution in [0.3, 0.4) is 0 Å². The van der Waals surface area contributed by atoms with Crippen LogP contribution in [0.1, 0.15) is 12.5 Å². The van der Waals surface area contributed by atoms with E-state index in [0.717, 1.165) is 4.47 Å². The zero-order chi connectivity index (χ0) is 15.9. The molecule has 0 aliphatic carbocycles. The standard InChI is InChI=1S/C16H14BrFN2O2/c1-11(16(21)20-15-7-5-13(17)6-8-15)22-19-10-12-3-2-4-14(18)9-12/h2-11H,1H3,(H,20,21)/b19-10-/t11-/m0/s1. The molecule has 0 bridgehead atoms. The second kappa shape index (κ2) is 7.70. The van der Waals surface area contributed by atoms with Crippen molar-refractivity contribution < 1.29 is 14.0 Å². The first-order valence-electron chi connectivity index (χ1n) is 6.56. The number of hydrogen-bond donors (Lipinski definition) is 1. The third-order valence-corrected chi connectivity index (χ3v) is 3.28. The lowest BCUT2D eigenvalue weighted by Crippen LogP contribution is -2.26. The number of anilines is 1. The van der Waals surface area contributed by atoms with Crippen molar-refractivity contribution in [1.29, 1.82) is 0 Å². The number of benzene rings is 2. The fourth-order valence-electron chi connectivity index (χ4n) is 1.59. The first-order chi connectivity index (χ1) is 10.5. The SMILES string of the molecule is C[C@H](O/N=C\c1cccc(F)c1)C(=O)Nc1ccc(Br)cc1. The van der Waals surface area contributed by atoms with Crippen molar-refractivity contribution in [1.82, 2.24) is 0 Å². The summed E-state index contributed by atoms with van der Waals surface area (Å²) >= 11 is 3.32. The lowest BCUT2D eigenvalue weighted by atomic mass is 10.2. The third kappa shape index (κ3) is 4.96. The maximum absolute atomic E-state index is 13.0. The number of carbonyl (C=O) groups excluding carboxylic acids is 1. The summed E-state index contributed by atoms with van der Waals surface area (Å²) in [5.41, 5.74) is 1.22. The molecule has 0 spiro atoms. The van der Waals surface area contributed by atoms with Crippen molar-refractivity contribution in [2.75, 3.05) is 5.32 Å². The van der Waals surface area contributed by atoms with E-state index in [2.05, 4.69) is 26.4 Å². The first-order valence-corrected chi connectivity index (χ1v) is 7.35. The van der Waals surface area contributed by atoms with Gasteiger partial charge in [0.1, 0.15) is 5.82 Å². The maximum Gasteiger partial charge on any atom is 0.267 e. The van der Waals surface area contributed by atoms with Gasteiger partial charge in [0.15, 0.2) is 0 Å². The van der Waals surface area contributed by atoms with Crippen LogP contribution in [0.25, 0.3) is 0 Å². The van der Waals surface area contributed by atoms with Crippen LogP contribution in [-0.4, -0.2) is 18.2 Å². The van der Waals surface area contributed by atoms with Gasteiger partial charge in [-0.25, -0.2) is 4.39 Å². The van der Waals surface area contributed by atoms with Crippen LogP contribution in [0, 0.1) is 5.82 Å². The van der Waals surface area contributed by atoms with E-state index in [4.69, 9.17) is 4.84 Å². The van der Waals surface area contributed by atoms with Gasteiger partial charge in [-0.1, -0.05) is 33.2 Å². The van der Waals surface area contributed by atoms with E-state index in [-0.39, 0.29) is 11.7 Å². The molecule has 0 aliphatic heterocycles. The van der Waals surface area contributed by atoms with Gasteiger partial charge in [0.05, 0.1) is 6.21 Å². The van der Waals surface area contributed by atoms with Gasteiger partial charge in [-0.2, -0.15) is 0 Å². The van der Waals surface area contributed by atoms with Crippen molar-refractivity contribution in [3.05, 3.63) is 64.4 Å². The second-order valence-corrected chi connectivity index (χ2v) is 5.45. The zero-order valence-corrected chi connectivity index (χ0v) is 13.4. The Kier molecular flexibility index (Phi) is 5.66. The number of oxime groups is 1. The Morgan fingerprint density at radius 3 is 2.73 bits per heavy atom. The van der Waals surface area contributed by atoms with E-state index in [1.807, 2.05) is 12.1 Å². The molecular weight excluding hydrogens is 351 g/mol. The normalized spacial score (nSPS) is 12.1. The average molecular weight is 365 g/mol. The number of amides is 1. The summed E-state index contributed by atoms with van der Waals surface area (Å²) in [5, 5.41) is 6.41. The number of halogens is 2. The van der Waals surface area contributed by atoms with E-state index in [1.165, 1.54) is 18.3 Å². The van der Waals surface area contributed by atoms with Gasteiger partial charge in [0.25, 0.3) is 5.91 Å². The molecule has 0 radical (unpaired) electrons. The minimum absolute atomic E-state index is 0.321. The van der Waals surface area contributed by atoms with Crippen molar-refractivity contribution >= 4 is 33.7 Å². The monoisotopic (exact) mass is 364 g/mol. The van der Waals surface area contributed by atoms with Crippen LogP contribution in [-0.2, 0) is 9.63 Å². The van der Waals surface area contributed by atoms with E-state index in [0.29, 0.717) is 11.3 Å². The number of nitrogens with zero attached hydrogens (tertiary/aromatic N) is 1. The molecule has 0 saturated carbocycles. The molecule has 6 heteroatoms. The first kappa shape index (κ1) is 16.2.